The van der Waals surface area contributed by atoms with Crippen molar-refractivity contribution in [3.8, 4) is 0 Å². The highest BCUT2D eigenvalue weighted by molar-refractivity contribution is 4.98. The molecule has 2 aliphatic rings. The van der Waals surface area contributed by atoms with Crippen LogP contribution in [0.1, 0.15) is 40.0 Å². The van der Waals surface area contributed by atoms with Gasteiger partial charge in [-0.3, -0.25) is 4.90 Å². The molecule has 0 aromatic rings. The monoisotopic (exact) mass is 253 g/mol. The van der Waals surface area contributed by atoms with Gasteiger partial charge < -0.3 is 10.6 Å². The number of piperidine rings is 2. The molecule has 3 heteroatoms. The van der Waals surface area contributed by atoms with Crippen LogP contribution >= 0.6 is 0 Å². The number of rotatable bonds is 3. The van der Waals surface area contributed by atoms with Gasteiger partial charge in [0.1, 0.15) is 0 Å². The van der Waals surface area contributed by atoms with Gasteiger partial charge in [-0.15, -0.1) is 0 Å². The molecule has 0 saturated carbocycles. The lowest BCUT2D eigenvalue weighted by molar-refractivity contribution is -0.0121. The van der Waals surface area contributed by atoms with E-state index in [9.17, 15) is 0 Å². The molecule has 2 unspecified atom stereocenters. The van der Waals surface area contributed by atoms with Gasteiger partial charge >= 0.3 is 0 Å². The van der Waals surface area contributed by atoms with Gasteiger partial charge in [0.25, 0.3) is 0 Å². The normalized spacial score (nSPS) is 34.7. The maximum Gasteiger partial charge on any atom is 0.0356 e. The minimum atomic E-state index is 0.300. The summed E-state index contributed by atoms with van der Waals surface area (Å²) in [5.74, 6) is 1.67. The zero-order valence-corrected chi connectivity index (χ0v) is 12.5. The van der Waals surface area contributed by atoms with Gasteiger partial charge in [0.15, 0.2) is 0 Å². The van der Waals surface area contributed by atoms with Crippen molar-refractivity contribution >= 4 is 0 Å². The first-order chi connectivity index (χ1) is 8.59. The van der Waals surface area contributed by atoms with Crippen LogP contribution in [0.2, 0.25) is 0 Å². The van der Waals surface area contributed by atoms with Crippen LogP contribution in [0, 0.1) is 11.8 Å². The molecular formula is C15H31N3. The van der Waals surface area contributed by atoms with Crippen molar-refractivity contribution < 1.29 is 0 Å². The van der Waals surface area contributed by atoms with Crippen LogP contribution in [0.3, 0.4) is 0 Å². The Morgan fingerprint density at radius 2 is 1.67 bits per heavy atom. The molecule has 0 bridgehead atoms. The fraction of sp³-hybridized carbons (Fsp3) is 1.00. The van der Waals surface area contributed by atoms with Crippen molar-refractivity contribution in [1.29, 1.82) is 0 Å². The summed E-state index contributed by atoms with van der Waals surface area (Å²) in [5, 5.41) is 0. The minimum Gasteiger partial charge on any atom is -0.329 e. The second-order valence-electron chi connectivity index (χ2n) is 6.71. The Balaban J connectivity index is 2.03. The predicted molar refractivity (Wildman–Crippen MR) is 77.7 cm³/mol. The number of nitrogens with two attached hydrogens (primary N) is 1. The van der Waals surface area contributed by atoms with E-state index in [1.54, 1.807) is 0 Å². The SMILES string of the molecule is CCN1CCC(CN)(N2CC(C)CC(C)C2)CC1. The average Bonchev–Trinajstić information content (AvgIpc) is 2.37. The summed E-state index contributed by atoms with van der Waals surface area (Å²) in [7, 11) is 0. The van der Waals surface area contributed by atoms with Gasteiger partial charge in [-0.2, -0.15) is 0 Å². The van der Waals surface area contributed by atoms with E-state index in [4.69, 9.17) is 5.73 Å². The highest BCUT2D eigenvalue weighted by Gasteiger charge is 2.40. The molecule has 0 aliphatic carbocycles. The predicted octanol–water partition coefficient (Wildman–Crippen LogP) is 1.78. The van der Waals surface area contributed by atoms with Crippen LogP contribution in [0.25, 0.3) is 0 Å². The summed E-state index contributed by atoms with van der Waals surface area (Å²) in [6.45, 7) is 14.1. The first-order valence-electron chi connectivity index (χ1n) is 7.77. The minimum absolute atomic E-state index is 0.300. The Bertz CT molecular complexity index is 248. The quantitative estimate of drug-likeness (QED) is 0.832. The Hall–Kier alpha value is -0.120. The standard InChI is InChI=1S/C15H31N3/c1-4-17-7-5-15(12-16,6-8-17)18-10-13(2)9-14(3)11-18/h13-14H,4-12,16H2,1-3H3. The smallest absolute Gasteiger partial charge is 0.0356 e. The molecule has 2 heterocycles. The van der Waals surface area contributed by atoms with Crippen LogP contribution in [0.4, 0.5) is 0 Å². The van der Waals surface area contributed by atoms with E-state index in [-0.39, 0.29) is 0 Å². The zero-order valence-electron chi connectivity index (χ0n) is 12.5. The molecule has 2 N–H and O–H groups in total. The lowest BCUT2D eigenvalue weighted by Gasteiger charge is -2.52. The second kappa shape index (κ2) is 5.89. The fourth-order valence-electron chi connectivity index (χ4n) is 3.99. The number of nitrogens with zero attached hydrogens (tertiary/aromatic N) is 2. The first kappa shape index (κ1) is 14.3. The van der Waals surface area contributed by atoms with Crippen molar-refractivity contribution in [3.63, 3.8) is 0 Å². The van der Waals surface area contributed by atoms with Crippen LogP contribution < -0.4 is 5.73 Å². The molecule has 0 spiro atoms. The number of likely N-dealkylation sites (tertiary alicyclic amines) is 2. The van der Waals surface area contributed by atoms with Crippen LogP contribution in [-0.4, -0.2) is 54.6 Å². The molecular weight excluding hydrogens is 222 g/mol. The molecule has 2 fully saturated rings. The first-order valence-corrected chi connectivity index (χ1v) is 7.77. The van der Waals surface area contributed by atoms with Gasteiger partial charge in [-0.25, -0.2) is 0 Å². The zero-order chi connectivity index (χ0) is 13.2. The Morgan fingerprint density at radius 3 is 2.11 bits per heavy atom. The largest absolute Gasteiger partial charge is 0.329 e. The molecule has 0 radical (unpaired) electrons. The van der Waals surface area contributed by atoms with E-state index in [1.807, 2.05) is 0 Å². The summed E-state index contributed by atoms with van der Waals surface area (Å²) in [6.07, 6.45) is 3.91. The van der Waals surface area contributed by atoms with Crippen LogP contribution in [-0.2, 0) is 0 Å². The molecule has 0 aromatic carbocycles. The maximum absolute atomic E-state index is 6.19. The van der Waals surface area contributed by atoms with Crippen molar-refractivity contribution in [2.24, 2.45) is 17.6 Å². The summed E-state index contributed by atoms with van der Waals surface area (Å²) in [6, 6.07) is 0. The molecule has 2 rings (SSSR count). The number of hydrogen-bond donors (Lipinski definition) is 1. The van der Waals surface area contributed by atoms with Gasteiger partial charge in [0, 0.05) is 25.2 Å². The maximum atomic E-state index is 6.19. The number of hydrogen-bond acceptors (Lipinski definition) is 3. The van der Waals surface area contributed by atoms with Crippen LogP contribution in [0.15, 0.2) is 0 Å². The molecule has 106 valence electrons. The molecule has 18 heavy (non-hydrogen) atoms. The van der Waals surface area contributed by atoms with Gasteiger partial charge in [-0.05, 0) is 50.7 Å². The summed E-state index contributed by atoms with van der Waals surface area (Å²) in [4.78, 5) is 5.30. The lowest BCUT2D eigenvalue weighted by Crippen LogP contribution is -2.62. The molecule has 2 aliphatic heterocycles. The Kier molecular flexibility index (Phi) is 4.68. The lowest BCUT2D eigenvalue weighted by atomic mass is 9.81. The van der Waals surface area contributed by atoms with Crippen molar-refractivity contribution in [1.82, 2.24) is 9.80 Å². The van der Waals surface area contributed by atoms with E-state index in [2.05, 4.69) is 30.6 Å². The van der Waals surface area contributed by atoms with Gasteiger partial charge in [0.2, 0.25) is 0 Å². The molecule has 0 aromatic heterocycles. The second-order valence-corrected chi connectivity index (χ2v) is 6.71. The van der Waals surface area contributed by atoms with E-state index < -0.39 is 0 Å². The average molecular weight is 253 g/mol. The Labute approximate surface area is 113 Å². The summed E-state index contributed by atoms with van der Waals surface area (Å²) >= 11 is 0. The van der Waals surface area contributed by atoms with E-state index in [1.165, 1.54) is 52.0 Å². The molecule has 3 nitrogen and oxygen atoms in total. The molecule has 0 amide bonds. The van der Waals surface area contributed by atoms with Crippen molar-refractivity contribution in [2.75, 3.05) is 39.3 Å². The third-order valence-corrected chi connectivity index (χ3v) is 5.15. The van der Waals surface area contributed by atoms with Gasteiger partial charge in [-0.1, -0.05) is 20.8 Å². The summed E-state index contributed by atoms with van der Waals surface area (Å²) in [5.41, 5.74) is 6.49. The fourth-order valence-corrected chi connectivity index (χ4v) is 3.99. The highest BCUT2D eigenvalue weighted by atomic mass is 15.3. The molecule has 2 saturated heterocycles. The van der Waals surface area contributed by atoms with E-state index in [0.717, 1.165) is 18.4 Å². The third kappa shape index (κ3) is 2.89. The van der Waals surface area contributed by atoms with Gasteiger partial charge in [0.05, 0.1) is 0 Å². The summed E-state index contributed by atoms with van der Waals surface area (Å²) < 4.78 is 0. The van der Waals surface area contributed by atoms with Crippen LogP contribution in [0.5, 0.6) is 0 Å². The Morgan fingerprint density at radius 1 is 1.11 bits per heavy atom. The third-order valence-electron chi connectivity index (χ3n) is 5.15. The molecule has 2 atom stereocenters. The highest BCUT2D eigenvalue weighted by Crippen LogP contribution is 2.33. The topological polar surface area (TPSA) is 32.5 Å². The van der Waals surface area contributed by atoms with E-state index >= 15 is 0 Å². The van der Waals surface area contributed by atoms with Crippen molar-refractivity contribution in [3.05, 3.63) is 0 Å². The van der Waals surface area contributed by atoms with Crippen molar-refractivity contribution in [2.45, 2.75) is 45.6 Å². The van der Waals surface area contributed by atoms with E-state index in [0.29, 0.717) is 5.54 Å².